The molecular weight excluding hydrogens is 310 g/mol. The van der Waals surface area contributed by atoms with Crippen molar-refractivity contribution in [2.75, 3.05) is 11.9 Å². The molecule has 0 aliphatic carbocycles. The van der Waals surface area contributed by atoms with Crippen molar-refractivity contribution in [3.05, 3.63) is 47.7 Å². The van der Waals surface area contributed by atoms with Crippen LogP contribution in [0.25, 0.3) is 0 Å². The number of hydrogen-bond donors (Lipinski definition) is 2. The second-order valence-electron chi connectivity index (χ2n) is 4.05. The minimum absolute atomic E-state index is 0.00696. The first kappa shape index (κ1) is 15.7. The number of anilines is 1. The van der Waals surface area contributed by atoms with Crippen molar-refractivity contribution < 1.29 is 8.78 Å². The summed E-state index contributed by atoms with van der Waals surface area (Å²) in [6, 6.07) is 2.83. The summed E-state index contributed by atoms with van der Waals surface area (Å²) in [5, 5.41) is 14.6. The van der Waals surface area contributed by atoms with Crippen molar-refractivity contribution in [1.29, 1.82) is 5.26 Å². The summed E-state index contributed by atoms with van der Waals surface area (Å²) >= 11 is 5.03. The van der Waals surface area contributed by atoms with Crippen molar-refractivity contribution >= 4 is 23.1 Å². The fourth-order valence-electron chi connectivity index (χ4n) is 1.59. The van der Waals surface area contributed by atoms with Gasteiger partial charge >= 0.3 is 0 Å². The lowest BCUT2D eigenvalue weighted by Crippen LogP contribution is -2.31. The van der Waals surface area contributed by atoms with Crippen LogP contribution in [0.2, 0.25) is 0 Å². The van der Waals surface area contributed by atoms with Gasteiger partial charge in [0.1, 0.15) is 6.07 Å². The monoisotopic (exact) mass is 320 g/mol. The van der Waals surface area contributed by atoms with Crippen LogP contribution in [0.5, 0.6) is 0 Å². The summed E-state index contributed by atoms with van der Waals surface area (Å²) in [5.74, 6) is -1.69. The first-order valence-corrected chi connectivity index (χ1v) is 6.57. The Bertz CT molecular complexity index is 731. The van der Waals surface area contributed by atoms with E-state index in [1.54, 1.807) is 0 Å². The molecule has 0 aliphatic rings. The number of halogens is 2. The Hall–Kier alpha value is -2.73. The summed E-state index contributed by atoms with van der Waals surface area (Å²) < 4.78 is 26.4. The van der Waals surface area contributed by atoms with Crippen LogP contribution in [0.4, 0.5) is 14.6 Å². The lowest BCUT2D eigenvalue weighted by atomic mass is 10.2. The van der Waals surface area contributed by atoms with E-state index in [2.05, 4.69) is 25.6 Å². The molecule has 2 heterocycles. The Morgan fingerprint density at radius 2 is 2.00 bits per heavy atom. The quantitative estimate of drug-likeness (QED) is 0.827. The van der Waals surface area contributed by atoms with Gasteiger partial charge in [0.25, 0.3) is 0 Å². The van der Waals surface area contributed by atoms with Gasteiger partial charge in [0.15, 0.2) is 28.3 Å². The lowest BCUT2D eigenvalue weighted by molar-refractivity contribution is 0.491. The van der Waals surface area contributed by atoms with Crippen LogP contribution in [0.1, 0.15) is 11.4 Å². The highest BCUT2D eigenvalue weighted by atomic mass is 32.1. The SMILES string of the molecule is N#Cc1nccnc1NC(=S)NCCc1nccc(F)c1F. The Balaban J connectivity index is 1.88. The van der Waals surface area contributed by atoms with E-state index in [0.717, 1.165) is 6.07 Å². The number of nitriles is 1. The molecule has 2 N–H and O–H groups in total. The minimum Gasteiger partial charge on any atom is -0.362 e. The van der Waals surface area contributed by atoms with E-state index in [1.807, 2.05) is 6.07 Å². The first-order valence-electron chi connectivity index (χ1n) is 6.16. The molecule has 2 rings (SSSR count). The van der Waals surface area contributed by atoms with Gasteiger partial charge in [-0.15, -0.1) is 0 Å². The van der Waals surface area contributed by atoms with E-state index in [-0.39, 0.29) is 35.3 Å². The zero-order chi connectivity index (χ0) is 15.9. The van der Waals surface area contributed by atoms with E-state index < -0.39 is 11.6 Å². The zero-order valence-electron chi connectivity index (χ0n) is 11.2. The van der Waals surface area contributed by atoms with Crippen LogP contribution in [0.3, 0.4) is 0 Å². The molecule has 0 fully saturated rings. The molecule has 0 bridgehead atoms. The van der Waals surface area contributed by atoms with Crippen molar-refractivity contribution in [2.24, 2.45) is 0 Å². The average Bonchev–Trinajstić information content (AvgIpc) is 2.52. The largest absolute Gasteiger partial charge is 0.362 e. The first-order chi connectivity index (χ1) is 10.6. The second kappa shape index (κ2) is 7.33. The molecule has 0 atom stereocenters. The van der Waals surface area contributed by atoms with Gasteiger partial charge in [0, 0.05) is 31.6 Å². The summed E-state index contributed by atoms with van der Waals surface area (Å²) in [4.78, 5) is 11.5. The van der Waals surface area contributed by atoms with Crippen molar-refractivity contribution in [3.8, 4) is 6.07 Å². The Labute approximate surface area is 130 Å². The fraction of sp³-hybridized carbons (Fsp3) is 0.154. The number of nitrogens with zero attached hydrogens (tertiary/aromatic N) is 4. The molecule has 0 unspecified atom stereocenters. The molecule has 0 amide bonds. The van der Waals surface area contributed by atoms with Crippen LogP contribution in [0.15, 0.2) is 24.7 Å². The summed E-state index contributed by atoms with van der Waals surface area (Å²) in [7, 11) is 0. The highest BCUT2D eigenvalue weighted by Gasteiger charge is 2.09. The van der Waals surface area contributed by atoms with E-state index in [0.29, 0.717) is 0 Å². The van der Waals surface area contributed by atoms with Crippen LogP contribution in [-0.4, -0.2) is 26.6 Å². The molecule has 112 valence electrons. The van der Waals surface area contributed by atoms with Crippen molar-refractivity contribution in [1.82, 2.24) is 20.3 Å². The molecule has 0 aliphatic heterocycles. The molecule has 0 radical (unpaired) electrons. The molecule has 9 heteroatoms. The topological polar surface area (TPSA) is 86.5 Å². The maximum absolute atomic E-state index is 13.4. The third-order valence-corrected chi connectivity index (χ3v) is 2.84. The third-order valence-electron chi connectivity index (χ3n) is 2.60. The number of rotatable bonds is 4. The van der Waals surface area contributed by atoms with Crippen molar-refractivity contribution in [3.63, 3.8) is 0 Å². The van der Waals surface area contributed by atoms with Crippen LogP contribution < -0.4 is 10.6 Å². The fourth-order valence-corrected chi connectivity index (χ4v) is 1.79. The van der Waals surface area contributed by atoms with Gasteiger partial charge in [-0.25, -0.2) is 18.7 Å². The molecule has 22 heavy (non-hydrogen) atoms. The van der Waals surface area contributed by atoms with Crippen LogP contribution >= 0.6 is 12.2 Å². The molecule has 0 saturated carbocycles. The minimum atomic E-state index is -0.969. The number of pyridine rings is 1. The second-order valence-corrected chi connectivity index (χ2v) is 4.46. The molecule has 0 spiro atoms. The average molecular weight is 320 g/mol. The van der Waals surface area contributed by atoms with E-state index in [9.17, 15) is 8.78 Å². The summed E-state index contributed by atoms with van der Waals surface area (Å²) in [5.41, 5.74) is 0.108. The van der Waals surface area contributed by atoms with E-state index in [4.69, 9.17) is 17.5 Å². The van der Waals surface area contributed by atoms with Crippen LogP contribution in [-0.2, 0) is 6.42 Å². The van der Waals surface area contributed by atoms with Crippen molar-refractivity contribution in [2.45, 2.75) is 6.42 Å². The predicted molar refractivity (Wildman–Crippen MR) is 78.8 cm³/mol. The standard InChI is InChI=1S/C13H10F2N6S/c14-8-1-3-17-9(11(8)15)2-4-20-13(22)21-12-10(7-16)18-5-6-19-12/h1,3,5-6H,2,4H2,(H2,19,20,21,22). The van der Waals surface area contributed by atoms with Gasteiger partial charge in [0.2, 0.25) is 0 Å². The molecule has 6 nitrogen and oxygen atoms in total. The molecule has 0 saturated heterocycles. The van der Waals surface area contributed by atoms with Gasteiger partial charge in [-0.05, 0) is 18.3 Å². The van der Waals surface area contributed by atoms with Gasteiger partial charge < -0.3 is 10.6 Å². The maximum Gasteiger partial charge on any atom is 0.183 e. The Morgan fingerprint density at radius 1 is 1.23 bits per heavy atom. The predicted octanol–water partition coefficient (Wildman–Crippen LogP) is 1.55. The maximum atomic E-state index is 13.4. The van der Waals surface area contributed by atoms with Crippen LogP contribution in [0, 0.1) is 23.0 Å². The summed E-state index contributed by atoms with van der Waals surface area (Å²) in [6.07, 6.45) is 4.15. The number of hydrogen-bond acceptors (Lipinski definition) is 5. The van der Waals surface area contributed by atoms with Gasteiger partial charge in [-0.1, -0.05) is 0 Å². The number of thiocarbonyl (C=S) groups is 1. The Morgan fingerprint density at radius 3 is 2.77 bits per heavy atom. The number of nitrogens with one attached hydrogen (secondary N) is 2. The molecular formula is C13H10F2N6S. The Kier molecular flexibility index (Phi) is 5.21. The molecule has 0 aromatic carbocycles. The highest BCUT2D eigenvalue weighted by Crippen LogP contribution is 2.09. The van der Waals surface area contributed by atoms with E-state index >= 15 is 0 Å². The molecule has 2 aromatic rings. The van der Waals surface area contributed by atoms with Gasteiger partial charge in [-0.3, -0.25) is 4.98 Å². The highest BCUT2D eigenvalue weighted by molar-refractivity contribution is 7.80. The van der Waals surface area contributed by atoms with Gasteiger partial charge in [-0.2, -0.15) is 5.26 Å². The normalized spacial score (nSPS) is 9.86. The number of aromatic nitrogens is 3. The zero-order valence-corrected chi connectivity index (χ0v) is 12.0. The smallest absolute Gasteiger partial charge is 0.183 e. The molecule has 2 aromatic heterocycles. The summed E-state index contributed by atoms with van der Waals surface area (Å²) in [6.45, 7) is 0.237. The van der Waals surface area contributed by atoms with Gasteiger partial charge in [0.05, 0.1) is 5.69 Å². The van der Waals surface area contributed by atoms with E-state index in [1.165, 1.54) is 18.6 Å². The lowest BCUT2D eigenvalue weighted by Gasteiger charge is -2.10. The third kappa shape index (κ3) is 3.89.